The van der Waals surface area contributed by atoms with Gasteiger partial charge in [0.2, 0.25) is 5.91 Å². The predicted octanol–water partition coefficient (Wildman–Crippen LogP) is 4.50. The monoisotopic (exact) mass is 447 g/mol. The Morgan fingerprint density at radius 2 is 2.21 bits per heavy atom. The van der Waals surface area contributed by atoms with Crippen LogP contribution < -0.4 is 11.3 Å². The van der Waals surface area contributed by atoms with Crippen molar-refractivity contribution in [2.24, 2.45) is 11.7 Å². The van der Waals surface area contributed by atoms with Crippen molar-refractivity contribution in [3.05, 3.63) is 49.6 Å². The van der Waals surface area contributed by atoms with Crippen LogP contribution in [-0.4, -0.2) is 20.7 Å². The van der Waals surface area contributed by atoms with Gasteiger partial charge in [0.1, 0.15) is 4.83 Å². The van der Waals surface area contributed by atoms with Gasteiger partial charge in [-0.1, -0.05) is 36.4 Å². The van der Waals surface area contributed by atoms with E-state index in [1.165, 1.54) is 16.6 Å². The summed E-state index contributed by atoms with van der Waals surface area (Å²) in [6.07, 6.45) is 2.95. The second-order valence-electron chi connectivity index (χ2n) is 7.66. The Hall–Kier alpha value is -1.83. The van der Waals surface area contributed by atoms with Crippen LogP contribution in [0.4, 0.5) is 0 Å². The fourth-order valence-corrected chi connectivity index (χ4v) is 6.09. The lowest BCUT2D eigenvalue weighted by atomic mass is 9.89. The Morgan fingerprint density at radius 1 is 1.45 bits per heavy atom. The zero-order chi connectivity index (χ0) is 20.9. The zero-order valence-corrected chi connectivity index (χ0v) is 18.9. The quantitative estimate of drug-likeness (QED) is 0.471. The number of halogens is 1. The van der Waals surface area contributed by atoms with Crippen LogP contribution >= 0.6 is 34.7 Å². The van der Waals surface area contributed by atoms with Crippen LogP contribution in [0.25, 0.3) is 15.9 Å². The Balaban J connectivity index is 1.99. The van der Waals surface area contributed by atoms with Crippen LogP contribution in [0.5, 0.6) is 0 Å². The number of nitrogens with zero attached hydrogens (tertiary/aromatic N) is 2. The number of benzene rings is 1. The summed E-state index contributed by atoms with van der Waals surface area (Å²) in [6, 6.07) is 5.51. The van der Waals surface area contributed by atoms with Gasteiger partial charge in [-0.05, 0) is 62.3 Å². The minimum atomic E-state index is -0.513. The van der Waals surface area contributed by atoms with E-state index in [2.05, 4.69) is 6.92 Å². The SMILES string of the molecule is Cc1ccc(-n2c(S[C@H](C)C(N)=O)nc3sc4c(c3c2=O)CC[C@@H](C)C4)cc1Cl. The van der Waals surface area contributed by atoms with Crippen LogP contribution in [0, 0.1) is 12.8 Å². The number of aromatic nitrogens is 2. The molecule has 2 aromatic heterocycles. The third kappa shape index (κ3) is 3.71. The standard InChI is InChI=1S/C21H22ClN3O2S2/c1-10-4-7-14-16(8-10)29-19-17(14)20(27)25(13-6-5-11(2)15(22)9-13)21(24-19)28-12(3)18(23)26/h5-6,9-10,12H,4,7-8H2,1-3H3,(H2,23,26)/t10-,12-/m1/s1. The molecule has 0 radical (unpaired) electrons. The lowest BCUT2D eigenvalue weighted by Gasteiger charge is -2.18. The van der Waals surface area contributed by atoms with E-state index in [4.69, 9.17) is 22.3 Å². The van der Waals surface area contributed by atoms with Gasteiger partial charge in [0.05, 0.1) is 16.3 Å². The molecule has 0 saturated heterocycles. The third-order valence-electron chi connectivity index (χ3n) is 5.40. The molecule has 1 aromatic carbocycles. The first-order chi connectivity index (χ1) is 13.8. The van der Waals surface area contributed by atoms with E-state index >= 15 is 0 Å². The molecular formula is C21H22ClN3O2S2. The molecule has 1 amide bonds. The topological polar surface area (TPSA) is 78.0 Å². The molecule has 0 spiro atoms. The highest BCUT2D eigenvalue weighted by molar-refractivity contribution is 8.00. The maximum Gasteiger partial charge on any atom is 0.267 e. The number of carbonyl (C=O) groups excluding carboxylic acids is 1. The number of hydrogen-bond donors (Lipinski definition) is 1. The second kappa shape index (κ2) is 7.78. The van der Waals surface area contributed by atoms with E-state index in [9.17, 15) is 9.59 Å². The Kier molecular flexibility index (Phi) is 5.48. The highest BCUT2D eigenvalue weighted by Gasteiger charge is 2.26. The van der Waals surface area contributed by atoms with E-state index in [0.29, 0.717) is 27.2 Å². The third-order valence-corrected chi connectivity index (χ3v) is 8.02. The summed E-state index contributed by atoms with van der Waals surface area (Å²) < 4.78 is 1.57. The van der Waals surface area contributed by atoms with Crippen molar-refractivity contribution >= 4 is 50.8 Å². The highest BCUT2D eigenvalue weighted by Crippen LogP contribution is 2.37. The molecule has 3 aromatic rings. The van der Waals surface area contributed by atoms with Crippen LogP contribution in [0.3, 0.4) is 0 Å². The van der Waals surface area contributed by atoms with E-state index < -0.39 is 11.2 Å². The number of amides is 1. The summed E-state index contributed by atoms with van der Waals surface area (Å²) in [5, 5.41) is 1.22. The first kappa shape index (κ1) is 20.4. The summed E-state index contributed by atoms with van der Waals surface area (Å²) in [4.78, 5) is 32.1. The van der Waals surface area contributed by atoms with Gasteiger partial charge in [0.15, 0.2) is 5.16 Å². The number of fused-ring (bicyclic) bond motifs is 3. The Bertz CT molecular complexity index is 1180. The molecule has 0 saturated carbocycles. The van der Waals surface area contributed by atoms with Crippen molar-refractivity contribution in [1.82, 2.24) is 9.55 Å². The molecule has 4 rings (SSSR count). The van der Waals surface area contributed by atoms with Crippen molar-refractivity contribution in [2.75, 3.05) is 0 Å². The number of thiophene rings is 1. The maximum atomic E-state index is 13.7. The minimum absolute atomic E-state index is 0.110. The molecule has 2 atom stereocenters. The predicted molar refractivity (Wildman–Crippen MR) is 121 cm³/mol. The van der Waals surface area contributed by atoms with Gasteiger partial charge in [0.25, 0.3) is 5.56 Å². The molecule has 0 fully saturated rings. The molecule has 5 nitrogen and oxygen atoms in total. The molecule has 1 aliphatic rings. The number of carbonyl (C=O) groups is 1. The number of primary amides is 1. The molecule has 1 aliphatic carbocycles. The van der Waals surface area contributed by atoms with Crippen LogP contribution in [-0.2, 0) is 17.6 Å². The molecule has 0 aliphatic heterocycles. The fourth-order valence-electron chi connectivity index (χ4n) is 3.62. The first-order valence-corrected chi connectivity index (χ1v) is 11.6. The lowest BCUT2D eigenvalue weighted by Crippen LogP contribution is -2.26. The van der Waals surface area contributed by atoms with Crippen LogP contribution in [0.15, 0.2) is 28.2 Å². The highest BCUT2D eigenvalue weighted by atomic mass is 35.5. The van der Waals surface area contributed by atoms with E-state index in [1.807, 2.05) is 19.1 Å². The van der Waals surface area contributed by atoms with Crippen molar-refractivity contribution in [3.8, 4) is 5.69 Å². The van der Waals surface area contributed by atoms with Crippen LogP contribution in [0.1, 0.15) is 36.3 Å². The molecule has 8 heteroatoms. The molecule has 2 N–H and O–H groups in total. The number of nitrogens with two attached hydrogens (primary N) is 1. The number of rotatable bonds is 4. The number of aryl methyl sites for hydroxylation is 2. The smallest absolute Gasteiger partial charge is 0.267 e. The van der Waals surface area contributed by atoms with Crippen molar-refractivity contribution in [3.63, 3.8) is 0 Å². The Labute approximate surface area is 182 Å². The fraction of sp³-hybridized carbons (Fsp3) is 0.381. The molecule has 29 heavy (non-hydrogen) atoms. The van der Waals surface area contributed by atoms with Gasteiger partial charge in [0, 0.05) is 9.90 Å². The lowest BCUT2D eigenvalue weighted by molar-refractivity contribution is -0.117. The molecule has 0 unspecified atom stereocenters. The molecular weight excluding hydrogens is 426 g/mol. The zero-order valence-electron chi connectivity index (χ0n) is 16.5. The minimum Gasteiger partial charge on any atom is -0.369 e. The molecule has 152 valence electrons. The van der Waals surface area contributed by atoms with Gasteiger partial charge >= 0.3 is 0 Å². The Morgan fingerprint density at radius 3 is 2.90 bits per heavy atom. The van der Waals surface area contributed by atoms with Crippen molar-refractivity contribution in [2.45, 2.75) is 50.4 Å². The summed E-state index contributed by atoms with van der Waals surface area (Å²) in [5.74, 6) is 0.162. The summed E-state index contributed by atoms with van der Waals surface area (Å²) in [5.41, 5.74) is 8.06. The molecule has 0 bridgehead atoms. The maximum absolute atomic E-state index is 13.7. The van der Waals surface area contributed by atoms with Gasteiger partial charge < -0.3 is 5.73 Å². The summed E-state index contributed by atoms with van der Waals surface area (Å²) in [6.45, 7) is 5.87. The largest absolute Gasteiger partial charge is 0.369 e. The number of hydrogen-bond acceptors (Lipinski definition) is 5. The van der Waals surface area contributed by atoms with Crippen molar-refractivity contribution < 1.29 is 4.79 Å². The average Bonchev–Trinajstić information content (AvgIpc) is 3.01. The summed E-state index contributed by atoms with van der Waals surface area (Å²) >= 11 is 9.13. The second-order valence-corrected chi connectivity index (χ2v) is 10.5. The van der Waals surface area contributed by atoms with E-state index in [1.54, 1.807) is 28.9 Å². The van der Waals surface area contributed by atoms with E-state index in [0.717, 1.165) is 35.2 Å². The first-order valence-electron chi connectivity index (χ1n) is 9.56. The summed E-state index contributed by atoms with van der Waals surface area (Å²) in [7, 11) is 0. The van der Waals surface area contributed by atoms with Crippen molar-refractivity contribution in [1.29, 1.82) is 0 Å². The van der Waals surface area contributed by atoms with Gasteiger partial charge in [-0.15, -0.1) is 11.3 Å². The van der Waals surface area contributed by atoms with Gasteiger partial charge in [-0.25, -0.2) is 4.98 Å². The molecule has 2 heterocycles. The average molecular weight is 448 g/mol. The normalized spacial score (nSPS) is 17.3. The number of thioether (sulfide) groups is 1. The van der Waals surface area contributed by atoms with Crippen LogP contribution in [0.2, 0.25) is 5.02 Å². The van der Waals surface area contributed by atoms with Gasteiger partial charge in [-0.2, -0.15) is 0 Å². The van der Waals surface area contributed by atoms with E-state index in [-0.39, 0.29) is 5.56 Å². The van der Waals surface area contributed by atoms with Gasteiger partial charge in [-0.3, -0.25) is 14.2 Å².